The summed E-state index contributed by atoms with van der Waals surface area (Å²) in [5.41, 5.74) is 5.93. The van der Waals surface area contributed by atoms with Gasteiger partial charge in [-0.15, -0.1) is 0 Å². The predicted molar refractivity (Wildman–Crippen MR) is 104 cm³/mol. The second kappa shape index (κ2) is 7.78. The second-order valence-corrected chi connectivity index (χ2v) is 6.47. The van der Waals surface area contributed by atoms with Crippen LogP contribution in [0.25, 0.3) is 0 Å². The SMILES string of the molecule is Cc1cccc(CNC(=O)c2cnc(Nc3cc(C)cc(C)c3)nc2)c1. The summed E-state index contributed by atoms with van der Waals surface area (Å²) in [6, 6.07) is 14.2. The van der Waals surface area contributed by atoms with E-state index in [2.05, 4.69) is 26.7 Å². The lowest BCUT2D eigenvalue weighted by molar-refractivity contribution is 0.0950. The normalized spacial score (nSPS) is 10.4. The van der Waals surface area contributed by atoms with Gasteiger partial charge in [-0.25, -0.2) is 9.97 Å². The average molecular weight is 346 g/mol. The van der Waals surface area contributed by atoms with Gasteiger partial charge < -0.3 is 10.6 Å². The number of carbonyl (C=O) groups excluding carboxylic acids is 1. The smallest absolute Gasteiger partial charge is 0.254 e. The molecule has 0 aliphatic rings. The van der Waals surface area contributed by atoms with Crippen LogP contribution in [0.4, 0.5) is 11.6 Å². The van der Waals surface area contributed by atoms with Crippen molar-refractivity contribution in [3.05, 3.63) is 82.7 Å². The van der Waals surface area contributed by atoms with Crippen molar-refractivity contribution in [2.75, 3.05) is 5.32 Å². The molecule has 1 aromatic heterocycles. The molecule has 1 heterocycles. The van der Waals surface area contributed by atoms with Crippen LogP contribution in [0.15, 0.2) is 54.9 Å². The first-order valence-corrected chi connectivity index (χ1v) is 8.51. The Morgan fingerprint density at radius 2 is 1.62 bits per heavy atom. The average Bonchev–Trinajstić information content (AvgIpc) is 2.59. The molecule has 0 aliphatic carbocycles. The third-order valence-electron chi connectivity index (χ3n) is 3.93. The fourth-order valence-corrected chi connectivity index (χ4v) is 2.79. The van der Waals surface area contributed by atoms with Crippen LogP contribution in [0.5, 0.6) is 0 Å². The zero-order valence-electron chi connectivity index (χ0n) is 15.2. The number of nitrogens with one attached hydrogen (secondary N) is 2. The summed E-state index contributed by atoms with van der Waals surface area (Å²) < 4.78 is 0. The maximum atomic E-state index is 12.3. The van der Waals surface area contributed by atoms with Crippen molar-refractivity contribution >= 4 is 17.5 Å². The highest BCUT2D eigenvalue weighted by atomic mass is 16.1. The molecule has 0 saturated heterocycles. The Morgan fingerprint density at radius 1 is 0.923 bits per heavy atom. The Bertz CT molecular complexity index is 899. The highest BCUT2D eigenvalue weighted by molar-refractivity contribution is 5.93. The van der Waals surface area contributed by atoms with Crippen LogP contribution >= 0.6 is 0 Å². The summed E-state index contributed by atoms with van der Waals surface area (Å²) in [6.45, 7) is 6.59. The zero-order chi connectivity index (χ0) is 18.5. The fourth-order valence-electron chi connectivity index (χ4n) is 2.79. The Hall–Kier alpha value is -3.21. The van der Waals surface area contributed by atoms with Crippen LogP contribution < -0.4 is 10.6 Å². The molecule has 0 bridgehead atoms. The molecular weight excluding hydrogens is 324 g/mol. The van der Waals surface area contributed by atoms with Crippen molar-refractivity contribution in [2.45, 2.75) is 27.3 Å². The standard InChI is InChI=1S/C21H22N4O/c1-14-5-4-6-17(8-14)11-22-20(26)18-12-23-21(24-13-18)25-19-9-15(2)7-16(3)10-19/h4-10,12-13H,11H2,1-3H3,(H,22,26)(H,23,24,25). The Kier molecular flexibility index (Phi) is 5.27. The monoisotopic (exact) mass is 346 g/mol. The van der Waals surface area contributed by atoms with Crippen LogP contribution in [0.2, 0.25) is 0 Å². The largest absolute Gasteiger partial charge is 0.348 e. The van der Waals surface area contributed by atoms with Gasteiger partial charge in [-0.1, -0.05) is 35.9 Å². The van der Waals surface area contributed by atoms with E-state index in [0.717, 1.165) is 11.3 Å². The van der Waals surface area contributed by atoms with Gasteiger partial charge in [0, 0.05) is 24.6 Å². The van der Waals surface area contributed by atoms with E-state index < -0.39 is 0 Å². The number of rotatable bonds is 5. The van der Waals surface area contributed by atoms with Crippen LogP contribution in [-0.2, 0) is 6.54 Å². The molecule has 0 aliphatic heterocycles. The summed E-state index contributed by atoms with van der Waals surface area (Å²) in [4.78, 5) is 20.7. The van der Waals surface area contributed by atoms with E-state index in [0.29, 0.717) is 18.1 Å². The Balaban J connectivity index is 1.62. The van der Waals surface area contributed by atoms with Gasteiger partial charge >= 0.3 is 0 Å². The Morgan fingerprint density at radius 3 is 2.27 bits per heavy atom. The van der Waals surface area contributed by atoms with Crippen LogP contribution in [0.3, 0.4) is 0 Å². The summed E-state index contributed by atoms with van der Waals surface area (Å²) >= 11 is 0. The summed E-state index contributed by atoms with van der Waals surface area (Å²) in [5, 5.41) is 6.05. The zero-order valence-corrected chi connectivity index (χ0v) is 15.2. The minimum atomic E-state index is -0.190. The van der Waals surface area contributed by atoms with Gasteiger partial charge in [0.05, 0.1) is 5.56 Å². The minimum absolute atomic E-state index is 0.190. The van der Waals surface area contributed by atoms with Gasteiger partial charge in [-0.2, -0.15) is 0 Å². The first-order chi connectivity index (χ1) is 12.5. The molecule has 0 spiro atoms. The van der Waals surface area contributed by atoms with Crippen molar-refractivity contribution in [3.63, 3.8) is 0 Å². The maximum absolute atomic E-state index is 12.3. The molecule has 2 aromatic carbocycles. The molecule has 0 saturated carbocycles. The number of carbonyl (C=O) groups is 1. The van der Waals surface area contributed by atoms with Gasteiger partial charge in [0.1, 0.15) is 0 Å². The summed E-state index contributed by atoms with van der Waals surface area (Å²) in [5.74, 6) is 0.273. The lowest BCUT2D eigenvalue weighted by Gasteiger charge is -2.08. The number of benzene rings is 2. The van der Waals surface area contributed by atoms with E-state index in [-0.39, 0.29) is 5.91 Å². The quantitative estimate of drug-likeness (QED) is 0.731. The minimum Gasteiger partial charge on any atom is -0.348 e. The summed E-state index contributed by atoms with van der Waals surface area (Å²) in [7, 11) is 0. The highest BCUT2D eigenvalue weighted by Gasteiger charge is 2.07. The molecule has 26 heavy (non-hydrogen) atoms. The van der Waals surface area contributed by atoms with Crippen molar-refractivity contribution in [3.8, 4) is 0 Å². The molecule has 5 nitrogen and oxygen atoms in total. The lowest BCUT2D eigenvalue weighted by Crippen LogP contribution is -2.23. The molecular formula is C21H22N4O. The predicted octanol–water partition coefficient (Wildman–Crippen LogP) is 4.08. The molecule has 3 rings (SSSR count). The molecule has 132 valence electrons. The number of amides is 1. The molecule has 0 radical (unpaired) electrons. The topological polar surface area (TPSA) is 66.9 Å². The van der Waals surface area contributed by atoms with E-state index in [1.54, 1.807) is 0 Å². The van der Waals surface area contributed by atoms with Crippen LogP contribution in [-0.4, -0.2) is 15.9 Å². The van der Waals surface area contributed by atoms with Gasteiger partial charge in [0.25, 0.3) is 5.91 Å². The third-order valence-corrected chi connectivity index (χ3v) is 3.93. The van der Waals surface area contributed by atoms with Gasteiger partial charge in [0.15, 0.2) is 0 Å². The molecule has 1 amide bonds. The lowest BCUT2D eigenvalue weighted by atomic mass is 10.1. The number of nitrogens with zero attached hydrogens (tertiary/aromatic N) is 2. The second-order valence-electron chi connectivity index (χ2n) is 6.47. The molecule has 5 heteroatoms. The first-order valence-electron chi connectivity index (χ1n) is 8.51. The van der Waals surface area contributed by atoms with E-state index in [9.17, 15) is 4.79 Å². The molecule has 0 unspecified atom stereocenters. The van der Waals surface area contributed by atoms with Gasteiger partial charge in [-0.3, -0.25) is 4.79 Å². The number of aryl methyl sites for hydroxylation is 3. The molecule has 2 N–H and O–H groups in total. The van der Waals surface area contributed by atoms with E-state index in [1.807, 2.05) is 57.2 Å². The van der Waals surface area contributed by atoms with Gasteiger partial charge in [0.2, 0.25) is 5.95 Å². The molecule has 0 atom stereocenters. The number of hydrogen-bond acceptors (Lipinski definition) is 4. The third kappa shape index (κ3) is 4.66. The van der Waals surface area contributed by atoms with Crippen molar-refractivity contribution in [1.29, 1.82) is 0 Å². The molecule has 0 fully saturated rings. The van der Waals surface area contributed by atoms with Crippen molar-refractivity contribution in [1.82, 2.24) is 15.3 Å². The van der Waals surface area contributed by atoms with Crippen molar-refractivity contribution < 1.29 is 4.79 Å². The van der Waals surface area contributed by atoms with Crippen LogP contribution in [0, 0.1) is 20.8 Å². The van der Waals surface area contributed by atoms with Crippen LogP contribution in [0.1, 0.15) is 32.6 Å². The van der Waals surface area contributed by atoms with Gasteiger partial charge in [-0.05, 0) is 49.6 Å². The number of hydrogen-bond donors (Lipinski definition) is 2. The Labute approximate surface area is 153 Å². The van der Waals surface area contributed by atoms with Crippen molar-refractivity contribution in [2.24, 2.45) is 0 Å². The molecule has 3 aromatic rings. The fraction of sp³-hybridized carbons (Fsp3) is 0.190. The summed E-state index contributed by atoms with van der Waals surface area (Å²) in [6.07, 6.45) is 3.06. The van der Waals surface area contributed by atoms with E-state index in [1.165, 1.54) is 29.1 Å². The maximum Gasteiger partial charge on any atom is 0.254 e. The van der Waals surface area contributed by atoms with E-state index >= 15 is 0 Å². The number of aromatic nitrogens is 2. The highest BCUT2D eigenvalue weighted by Crippen LogP contribution is 2.17. The van der Waals surface area contributed by atoms with E-state index in [4.69, 9.17) is 0 Å². The number of anilines is 2. The first kappa shape index (κ1) is 17.6.